The average Bonchev–Trinajstić information content (AvgIpc) is 2.41. The predicted octanol–water partition coefficient (Wildman–Crippen LogP) is 0.204. The third kappa shape index (κ3) is 3.05. The first-order valence-electron chi connectivity index (χ1n) is 5.73. The van der Waals surface area contributed by atoms with E-state index in [1.165, 1.54) is 17.0 Å². The smallest absolute Gasteiger partial charge is 0.265 e. The molecule has 2 aromatic rings. The lowest BCUT2D eigenvalue weighted by Gasteiger charge is -2.07. The predicted molar refractivity (Wildman–Crippen MR) is 70.4 cm³/mol. The molecular weight excluding hydrogens is 244 g/mol. The highest BCUT2D eigenvalue weighted by atomic mass is 16.2. The van der Waals surface area contributed by atoms with E-state index in [-0.39, 0.29) is 11.5 Å². The summed E-state index contributed by atoms with van der Waals surface area (Å²) in [6.07, 6.45) is 1.49. The van der Waals surface area contributed by atoms with E-state index < -0.39 is 0 Å². The molecule has 0 fully saturated rings. The second-order valence-electron chi connectivity index (χ2n) is 4.17. The monoisotopic (exact) mass is 258 g/mol. The van der Waals surface area contributed by atoms with Gasteiger partial charge in [-0.3, -0.25) is 19.6 Å². The number of amides is 1. The highest BCUT2D eigenvalue weighted by molar-refractivity contribution is 5.93. The quantitative estimate of drug-likeness (QED) is 0.467. The Morgan fingerprint density at radius 3 is 2.89 bits per heavy atom. The number of hydrazine groups is 1. The lowest BCUT2D eigenvalue weighted by molar-refractivity contribution is 0.0953. The fourth-order valence-corrected chi connectivity index (χ4v) is 1.73. The van der Waals surface area contributed by atoms with Crippen LogP contribution >= 0.6 is 0 Å². The molecule has 1 aromatic carbocycles. The lowest BCUT2D eigenvalue weighted by Crippen LogP contribution is -2.30. The number of carbonyl (C=O) groups excluding carboxylic acids is 1. The molecule has 1 amide bonds. The van der Waals surface area contributed by atoms with Crippen molar-refractivity contribution in [1.82, 2.24) is 15.0 Å². The van der Waals surface area contributed by atoms with Gasteiger partial charge in [-0.25, -0.2) is 10.8 Å². The molecule has 6 heteroatoms. The maximum atomic E-state index is 11.7. The van der Waals surface area contributed by atoms with Gasteiger partial charge in [0.1, 0.15) is 0 Å². The number of hydrogen-bond acceptors (Lipinski definition) is 4. The van der Waals surface area contributed by atoms with Crippen molar-refractivity contribution in [1.29, 1.82) is 0 Å². The van der Waals surface area contributed by atoms with Crippen LogP contribution in [0.1, 0.15) is 21.6 Å². The molecule has 2 rings (SSSR count). The molecule has 19 heavy (non-hydrogen) atoms. The van der Waals surface area contributed by atoms with Gasteiger partial charge in [0.25, 0.3) is 11.5 Å². The van der Waals surface area contributed by atoms with Gasteiger partial charge in [-0.2, -0.15) is 0 Å². The molecule has 0 unspecified atom stereocenters. The Bertz CT molecular complexity index is 664. The number of hydrogen-bond donors (Lipinski definition) is 2. The zero-order valence-electron chi connectivity index (χ0n) is 10.5. The van der Waals surface area contributed by atoms with Crippen molar-refractivity contribution < 1.29 is 4.79 Å². The van der Waals surface area contributed by atoms with E-state index >= 15 is 0 Å². The van der Waals surface area contributed by atoms with Crippen LogP contribution in [-0.4, -0.2) is 15.5 Å². The molecule has 0 aliphatic rings. The van der Waals surface area contributed by atoms with Crippen molar-refractivity contribution in [2.45, 2.75) is 13.5 Å². The van der Waals surface area contributed by atoms with Crippen LogP contribution in [0.5, 0.6) is 0 Å². The summed E-state index contributed by atoms with van der Waals surface area (Å²) in [5, 5.41) is 0. The number of nitrogen functional groups attached to an aromatic ring is 1. The van der Waals surface area contributed by atoms with Gasteiger partial charge in [0, 0.05) is 17.3 Å². The first kappa shape index (κ1) is 13.0. The molecule has 3 N–H and O–H groups in total. The average molecular weight is 258 g/mol. The second-order valence-corrected chi connectivity index (χ2v) is 4.17. The van der Waals surface area contributed by atoms with Gasteiger partial charge in [0.2, 0.25) is 0 Å². The van der Waals surface area contributed by atoms with Gasteiger partial charge in [0.15, 0.2) is 0 Å². The summed E-state index contributed by atoms with van der Waals surface area (Å²) in [7, 11) is 0. The van der Waals surface area contributed by atoms with Crippen LogP contribution in [0.4, 0.5) is 0 Å². The molecule has 0 aliphatic carbocycles. The number of nitrogens with two attached hydrogens (primary N) is 1. The van der Waals surface area contributed by atoms with Gasteiger partial charge < -0.3 is 0 Å². The number of nitrogens with zero attached hydrogens (tertiary/aromatic N) is 2. The van der Waals surface area contributed by atoms with Crippen molar-refractivity contribution in [3.05, 3.63) is 63.8 Å². The Hall–Kier alpha value is -2.47. The first-order valence-corrected chi connectivity index (χ1v) is 5.73. The van der Waals surface area contributed by atoms with E-state index in [0.29, 0.717) is 17.8 Å². The van der Waals surface area contributed by atoms with Crippen LogP contribution in [0.3, 0.4) is 0 Å². The van der Waals surface area contributed by atoms with Crippen molar-refractivity contribution in [2.24, 2.45) is 5.84 Å². The van der Waals surface area contributed by atoms with E-state index in [0.717, 1.165) is 5.56 Å². The minimum atomic E-state index is -0.365. The molecule has 1 heterocycles. The minimum absolute atomic E-state index is 0.124. The maximum Gasteiger partial charge on any atom is 0.265 e. The van der Waals surface area contributed by atoms with E-state index in [9.17, 15) is 9.59 Å². The van der Waals surface area contributed by atoms with Gasteiger partial charge >= 0.3 is 0 Å². The SMILES string of the molecule is Cc1cc(=O)n(Cc2cccc(C(=O)NN)c2)cn1. The third-order valence-electron chi connectivity index (χ3n) is 2.69. The minimum Gasteiger partial charge on any atom is -0.295 e. The highest BCUT2D eigenvalue weighted by Gasteiger charge is 2.05. The van der Waals surface area contributed by atoms with Crippen LogP contribution in [0.25, 0.3) is 0 Å². The first-order chi connectivity index (χ1) is 9.10. The number of nitrogens with one attached hydrogen (secondary N) is 1. The molecule has 0 atom stereocenters. The van der Waals surface area contributed by atoms with E-state index in [4.69, 9.17) is 5.84 Å². The molecule has 0 saturated heterocycles. The summed E-state index contributed by atoms with van der Waals surface area (Å²) < 4.78 is 1.48. The fourth-order valence-electron chi connectivity index (χ4n) is 1.73. The Morgan fingerprint density at radius 1 is 1.42 bits per heavy atom. The molecule has 0 radical (unpaired) electrons. The zero-order valence-corrected chi connectivity index (χ0v) is 10.5. The van der Waals surface area contributed by atoms with Crippen LogP contribution < -0.4 is 16.8 Å². The Balaban J connectivity index is 2.28. The highest BCUT2D eigenvalue weighted by Crippen LogP contribution is 2.06. The largest absolute Gasteiger partial charge is 0.295 e. The van der Waals surface area contributed by atoms with Crippen molar-refractivity contribution in [3.8, 4) is 0 Å². The van der Waals surface area contributed by atoms with Gasteiger partial charge in [-0.05, 0) is 24.6 Å². The Kier molecular flexibility index (Phi) is 3.72. The van der Waals surface area contributed by atoms with E-state index in [1.807, 2.05) is 6.07 Å². The van der Waals surface area contributed by atoms with Crippen LogP contribution in [-0.2, 0) is 6.54 Å². The van der Waals surface area contributed by atoms with Crippen molar-refractivity contribution in [3.63, 3.8) is 0 Å². The summed E-state index contributed by atoms with van der Waals surface area (Å²) in [5.41, 5.74) is 3.91. The van der Waals surface area contributed by atoms with Gasteiger partial charge in [-0.15, -0.1) is 0 Å². The standard InChI is InChI=1S/C13H14N4O2/c1-9-5-12(18)17(8-15-9)7-10-3-2-4-11(6-10)13(19)16-14/h2-6,8H,7,14H2,1H3,(H,16,19). The van der Waals surface area contributed by atoms with Crippen molar-refractivity contribution >= 4 is 5.91 Å². The number of benzene rings is 1. The molecule has 98 valence electrons. The summed E-state index contributed by atoms with van der Waals surface area (Å²) in [4.78, 5) is 27.2. The molecule has 0 spiro atoms. The third-order valence-corrected chi connectivity index (χ3v) is 2.69. The summed E-state index contributed by atoms with van der Waals surface area (Å²) in [5.74, 6) is 4.72. The van der Waals surface area contributed by atoms with Crippen LogP contribution in [0, 0.1) is 6.92 Å². The fraction of sp³-hybridized carbons (Fsp3) is 0.154. The Morgan fingerprint density at radius 2 is 2.21 bits per heavy atom. The second kappa shape index (κ2) is 5.45. The van der Waals surface area contributed by atoms with E-state index in [1.54, 1.807) is 25.1 Å². The normalized spacial score (nSPS) is 10.2. The Labute approximate surface area is 109 Å². The number of aromatic nitrogens is 2. The lowest BCUT2D eigenvalue weighted by atomic mass is 10.1. The maximum absolute atomic E-state index is 11.7. The summed E-state index contributed by atoms with van der Waals surface area (Å²) in [6.45, 7) is 2.12. The van der Waals surface area contributed by atoms with Gasteiger partial charge in [-0.1, -0.05) is 12.1 Å². The van der Waals surface area contributed by atoms with Crippen molar-refractivity contribution in [2.75, 3.05) is 0 Å². The van der Waals surface area contributed by atoms with Gasteiger partial charge in [0.05, 0.1) is 12.9 Å². The zero-order chi connectivity index (χ0) is 13.8. The van der Waals surface area contributed by atoms with Crippen LogP contribution in [0.2, 0.25) is 0 Å². The molecular formula is C13H14N4O2. The molecule has 0 saturated carbocycles. The molecule has 0 bridgehead atoms. The molecule has 6 nitrogen and oxygen atoms in total. The number of rotatable bonds is 3. The van der Waals surface area contributed by atoms with E-state index in [2.05, 4.69) is 10.4 Å². The summed E-state index contributed by atoms with van der Waals surface area (Å²) >= 11 is 0. The topological polar surface area (TPSA) is 90.0 Å². The molecule has 1 aromatic heterocycles. The molecule has 0 aliphatic heterocycles. The number of aryl methyl sites for hydroxylation is 1. The summed E-state index contributed by atoms with van der Waals surface area (Å²) in [6, 6.07) is 8.39. The number of carbonyl (C=O) groups is 1. The van der Waals surface area contributed by atoms with Crippen LogP contribution in [0.15, 0.2) is 41.5 Å².